The fourth-order valence-corrected chi connectivity index (χ4v) is 3.15. The van der Waals surface area contributed by atoms with E-state index in [2.05, 4.69) is 11.1 Å². The van der Waals surface area contributed by atoms with Crippen molar-refractivity contribution in [3.8, 4) is 17.4 Å². The van der Waals surface area contributed by atoms with E-state index in [1.54, 1.807) is 0 Å². The summed E-state index contributed by atoms with van der Waals surface area (Å²) in [7, 11) is 0. The lowest BCUT2D eigenvalue weighted by Crippen LogP contribution is -1.91. The summed E-state index contributed by atoms with van der Waals surface area (Å²) in [6, 6.07) is 21.9. The minimum Gasteiger partial charge on any atom is -0.456 e. The molecule has 0 saturated heterocycles. The molecule has 0 bridgehead atoms. The molecule has 4 heteroatoms. The summed E-state index contributed by atoms with van der Waals surface area (Å²) in [5.41, 5.74) is 4.60. The predicted molar refractivity (Wildman–Crippen MR) is 92.6 cm³/mol. The number of para-hydroxylation sites is 3. The van der Waals surface area contributed by atoms with E-state index in [9.17, 15) is 5.26 Å². The Morgan fingerprint density at radius 2 is 1.83 bits per heavy atom. The van der Waals surface area contributed by atoms with Crippen LogP contribution < -0.4 is 0 Å². The van der Waals surface area contributed by atoms with Crippen molar-refractivity contribution < 1.29 is 4.42 Å². The topological polar surface area (TPSA) is 54.2 Å². The molecule has 0 fully saturated rings. The Labute approximate surface area is 137 Å². The van der Waals surface area contributed by atoms with Gasteiger partial charge in [-0.15, -0.1) is 0 Å². The first-order valence-electron chi connectivity index (χ1n) is 7.64. The number of pyridine rings is 1. The highest BCUT2D eigenvalue weighted by atomic mass is 16.3. The Bertz CT molecular complexity index is 1240. The average Bonchev–Trinajstić information content (AvgIpc) is 3.21. The maximum atomic E-state index is 9.73. The van der Waals surface area contributed by atoms with Gasteiger partial charge < -0.3 is 4.42 Å². The third kappa shape index (κ3) is 1.70. The lowest BCUT2D eigenvalue weighted by molar-refractivity contribution is 0.631. The van der Waals surface area contributed by atoms with Crippen LogP contribution in [0.5, 0.6) is 0 Å². The lowest BCUT2D eigenvalue weighted by atomic mass is 10.1. The molecule has 0 amide bonds. The van der Waals surface area contributed by atoms with E-state index in [0.29, 0.717) is 17.0 Å². The van der Waals surface area contributed by atoms with Crippen molar-refractivity contribution in [3.63, 3.8) is 0 Å². The number of nitrogens with zero attached hydrogens (tertiary/aromatic N) is 3. The van der Waals surface area contributed by atoms with Crippen molar-refractivity contribution in [1.29, 1.82) is 5.26 Å². The zero-order valence-electron chi connectivity index (χ0n) is 12.6. The summed E-state index contributed by atoms with van der Waals surface area (Å²) in [6.45, 7) is 0. The highest BCUT2D eigenvalue weighted by Crippen LogP contribution is 2.32. The third-order valence-electron chi connectivity index (χ3n) is 4.28. The molecule has 5 rings (SSSR count). The molecule has 3 aromatic heterocycles. The number of aromatic nitrogens is 2. The number of hydrogen-bond acceptors (Lipinski definition) is 3. The van der Waals surface area contributed by atoms with Crippen molar-refractivity contribution in [3.05, 3.63) is 72.4 Å². The molecule has 112 valence electrons. The Morgan fingerprint density at radius 3 is 2.71 bits per heavy atom. The Kier molecular flexibility index (Phi) is 2.53. The van der Waals surface area contributed by atoms with E-state index < -0.39 is 0 Å². The Morgan fingerprint density at radius 1 is 1.00 bits per heavy atom. The second-order valence-electron chi connectivity index (χ2n) is 5.66. The van der Waals surface area contributed by atoms with Crippen molar-refractivity contribution >= 4 is 27.6 Å². The van der Waals surface area contributed by atoms with Crippen LogP contribution in [0.4, 0.5) is 0 Å². The third-order valence-corrected chi connectivity index (χ3v) is 4.28. The fourth-order valence-electron chi connectivity index (χ4n) is 3.15. The molecule has 0 aliphatic carbocycles. The van der Waals surface area contributed by atoms with Gasteiger partial charge in [-0.3, -0.25) is 4.40 Å². The van der Waals surface area contributed by atoms with Gasteiger partial charge in [-0.2, -0.15) is 5.26 Å². The Hall–Kier alpha value is -3.58. The number of rotatable bonds is 1. The highest BCUT2D eigenvalue weighted by molar-refractivity contribution is 5.88. The fraction of sp³-hybridized carbons (Fsp3) is 0. The number of imidazole rings is 1. The Balaban J connectivity index is 1.85. The molecule has 0 aliphatic heterocycles. The van der Waals surface area contributed by atoms with E-state index in [1.165, 1.54) is 0 Å². The van der Waals surface area contributed by atoms with Crippen LogP contribution in [-0.2, 0) is 0 Å². The summed E-state index contributed by atoms with van der Waals surface area (Å²) in [4.78, 5) is 4.62. The van der Waals surface area contributed by atoms with Crippen molar-refractivity contribution in [2.45, 2.75) is 0 Å². The van der Waals surface area contributed by atoms with E-state index in [1.807, 2.05) is 71.3 Å². The molecule has 0 aliphatic rings. The monoisotopic (exact) mass is 309 g/mol. The van der Waals surface area contributed by atoms with Gasteiger partial charge in [-0.05, 0) is 30.3 Å². The first-order chi connectivity index (χ1) is 11.8. The first-order valence-corrected chi connectivity index (χ1v) is 7.64. The van der Waals surface area contributed by atoms with E-state index >= 15 is 0 Å². The molecular formula is C20H11N3O. The smallest absolute Gasteiger partial charge is 0.156 e. The molecule has 0 spiro atoms. The van der Waals surface area contributed by atoms with E-state index in [0.717, 1.165) is 27.6 Å². The first kappa shape index (κ1) is 12.9. The minimum atomic E-state index is 0.521. The molecule has 0 saturated carbocycles. The van der Waals surface area contributed by atoms with Crippen LogP contribution in [0, 0.1) is 11.3 Å². The molecule has 0 unspecified atom stereocenters. The van der Waals surface area contributed by atoms with Crippen LogP contribution in [0.1, 0.15) is 5.56 Å². The van der Waals surface area contributed by atoms with Crippen molar-refractivity contribution in [2.24, 2.45) is 0 Å². The standard InChI is InChI=1S/C20H11N3O/c21-12-15-14(19-11-13-5-1-4-8-18(13)24-19)9-10-23-17-7-3-2-6-16(17)22-20(15)23/h1-11H. The van der Waals surface area contributed by atoms with Gasteiger partial charge in [-0.1, -0.05) is 30.3 Å². The molecule has 0 atom stereocenters. The van der Waals surface area contributed by atoms with Gasteiger partial charge in [0.15, 0.2) is 5.65 Å². The molecule has 3 heterocycles. The quantitative estimate of drug-likeness (QED) is 0.448. The van der Waals surface area contributed by atoms with Gasteiger partial charge in [0.05, 0.1) is 11.0 Å². The summed E-state index contributed by atoms with van der Waals surface area (Å²) < 4.78 is 7.88. The van der Waals surface area contributed by atoms with E-state index in [4.69, 9.17) is 4.42 Å². The van der Waals surface area contributed by atoms with E-state index in [-0.39, 0.29) is 0 Å². The molecular weight excluding hydrogens is 298 g/mol. The summed E-state index contributed by atoms with van der Waals surface area (Å²) in [5, 5.41) is 10.8. The normalized spacial score (nSPS) is 11.3. The molecule has 24 heavy (non-hydrogen) atoms. The zero-order chi connectivity index (χ0) is 16.1. The average molecular weight is 309 g/mol. The highest BCUT2D eigenvalue weighted by Gasteiger charge is 2.16. The second kappa shape index (κ2) is 4.71. The molecule has 4 nitrogen and oxygen atoms in total. The SMILES string of the molecule is N#Cc1c(-c2cc3ccccc3o2)ccn2c1nc1ccccc12. The summed E-state index contributed by atoms with van der Waals surface area (Å²) in [5.74, 6) is 0.683. The number of nitriles is 1. The lowest BCUT2D eigenvalue weighted by Gasteiger charge is -2.03. The van der Waals surface area contributed by atoms with Gasteiger partial charge in [0.1, 0.15) is 23.0 Å². The van der Waals surface area contributed by atoms with Crippen molar-refractivity contribution in [1.82, 2.24) is 9.38 Å². The van der Waals surface area contributed by atoms with Crippen LogP contribution >= 0.6 is 0 Å². The van der Waals surface area contributed by atoms with Gasteiger partial charge in [0.2, 0.25) is 0 Å². The zero-order valence-corrected chi connectivity index (χ0v) is 12.6. The van der Waals surface area contributed by atoms with Crippen LogP contribution in [0.25, 0.3) is 39.0 Å². The number of fused-ring (bicyclic) bond motifs is 4. The van der Waals surface area contributed by atoms with Crippen LogP contribution in [0.3, 0.4) is 0 Å². The molecule has 2 aromatic carbocycles. The van der Waals surface area contributed by atoms with Crippen molar-refractivity contribution in [2.75, 3.05) is 0 Å². The maximum Gasteiger partial charge on any atom is 0.156 e. The molecule has 5 aromatic rings. The minimum absolute atomic E-state index is 0.521. The second-order valence-corrected chi connectivity index (χ2v) is 5.66. The molecule has 0 N–H and O–H groups in total. The summed E-state index contributed by atoms with van der Waals surface area (Å²) >= 11 is 0. The predicted octanol–water partition coefficient (Wildman–Crippen LogP) is 4.77. The number of furan rings is 1. The number of benzene rings is 2. The van der Waals surface area contributed by atoms with Gasteiger partial charge in [-0.25, -0.2) is 4.98 Å². The van der Waals surface area contributed by atoms with Crippen LogP contribution in [0.15, 0.2) is 71.3 Å². The van der Waals surface area contributed by atoms with Gasteiger partial charge >= 0.3 is 0 Å². The van der Waals surface area contributed by atoms with Gasteiger partial charge in [0, 0.05) is 17.1 Å². The summed E-state index contributed by atoms with van der Waals surface area (Å²) in [6.07, 6.45) is 1.94. The van der Waals surface area contributed by atoms with Crippen LogP contribution in [-0.4, -0.2) is 9.38 Å². The maximum absolute atomic E-state index is 9.73. The van der Waals surface area contributed by atoms with Crippen LogP contribution in [0.2, 0.25) is 0 Å². The van der Waals surface area contributed by atoms with Gasteiger partial charge in [0.25, 0.3) is 0 Å². The largest absolute Gasteiger partial charge is 0.456 e. The number of hydrogen-bond donors (Lipinski definition) is 0. The molecule has 0 radical (unpaired) electrons.